The van der Waals surface area contributed by atoms with Gasteiger partial charge in [-0.15, -0.1) is 5.10 Å². The van der Waals surface area contributed by atoms with Crippen molar-refractivity contribution >= 4 is 33.4 Å². The van der Waals surface area contributed by atoms with Crippen molar-refractivity contribution in [1.29, 1.82) is 0 Å². The molecule has 2 atom stereocenters. The van der Waals surface area contributed by atoms with Crippen LogP contribution in [-0.4, -0.2) is 42.4 Å². The van der Waals surface area contributed by atoms with Crippen molar-refractivity contribution in [3.8, 4) is 0 Å². The van der Waals surface area contributed by atoms with E-state index in [0.717, 1.165) is 48.8 Å². The minimum atomic E-state index is -0.308. The highest BCUT2D eigenvalue weighted by molar-refractivity contribution is 9.10. The average molecular weight is 482 g/mol. The third-order valence-electron chi connectivity index (χ3n) is 7.28. The van der Waals surface area contributed by atoms with E-state index in [2.05, 4.69) is 38.0 Å². The third kappa shape index (κ3) is 3.14. The lowest BCUT2D eigenvalue weighted by atomic mass is 9.46. The maximum atomic E-state index is 13.8. The van der Waals surface area contributed by atoms with Gasteiger partial charge < -0.3 is 4.90 Å². The van der Waals surface area contributed by atoms with Gasteiger partial charge >= 0.3 is 0 Å². The number of aromatic nitrogens is 5. The van der Waals surface area contributed by atoms with E-state index < -0.39 is 0 Å². The van der Waals surface area contributed by atoms with E-state index >= 15 is 0 Å². The summed E-state index contributed by atoms with van der Waals surface area (Å²) < 4.78 is 4.82. The molecule has 6 rings (SSSR count). The van der Waals surface area contributed by atoms with Crippen LogP contribution in [0.5, 0.6) is 0 Å². The van der Waals surface area contributed by atoms with Gasteiger partial charge in [-0.2, -0.15) is 5.10 Å². The van der Waals surface area contributed by atoms with E-state index in [0.29, 0.717) is 18.4 Å². The second-order valence-corrected chi connectivity index (χ2v) is 10.6. The van der Waals surface area contributed by atoms with Gasteiger partial charge in [0.05, 0.1) is 27.7 Å². The predicted molar refractivity (Wildman–Crippen MR) is 112 cm³/mol. The Morgan fingerprint density at radius 1 is 1.31 bits per heavy atom. The molecule has 4 aliphatic carbocycles. The van der Waals surface area contributed by atoms with Crippen molar-refractivity contribution in [2.24, 2.45) is 17.3 Å². The molecular formula is C20H26BrClN6O. The first-order valence-electron chi connectivity index (χ1n) is 10.4. The number of carbonyl (C=O) groups excluding carboxylic acids is 1. The molecule has 156 valence electrons. The van der Waals surface area contributed by atoms with Gasteiger partial charge in [-0.25, -0.2) is 9.67 Å². The first-order valence-corrected chi connectivity index (χ1v) is 11.5. The molecular weight excluding hydrogens is 456 g/mol. The topological polar surface area (TPSA) is 68.8 Å². The normalized spacial score (nSPS) is 32.7. The molecule has 2 heterocycles. The van der Waals surface area contributed by atoms with Gasteiger partial charge in [0, 0.05) is 19.8 Å². The Bertz CT molecular complexity index is 941. The van der Waals surface area contributed by atoms with E-state index in [1.165, 1.54) is 6.42 Å². The Balaban J connectivity index is 1.42. The molecule has 4 aliphatic rings. The van der Waals surface area contributed by atoms with E-state index in [9.17, 15) is 4.79 Å². The number of rotatable bonds is 5. The van der Waals surface area contributed by atoms with Crippen LogP contribution in [-0.2, 0) is 23.4 Å². The number of aryl methyl sites for hydroxylation is 1. The van der Waals surface area contributed by atoms with E-state index in [4.69, 9.17) is 11.6 Å². The monoisotopic (exact) mass is 480 g/mol. The van der Waals surface area contributed by atoms with Crippen LogP contribution in [0.1, 0.15) is 51.1 Å². The lowest BCUT2D eigenvalue weighted by Crippen LogP contribution is -2.61. The van der Waals surface area contributed by atoms with Gasteiger partial charge in [0.2, 0.25) is 11.2 Å². The molecule has 1 amide bonds. The average Bonchev–Trinajstić information content (AvgIpc) is 3.26. The summed E-state index contributed by atoms with van der Waals surface area (Å²) in [4.78, 5) is 19.8. The van der Waals surface area contributed by atoms with Crippen LogP contribution in [0.2, 0.25) is 5.28 Å². The van der Waals surface area contributed by atoms with Crippen LogP contribution in [0.4, 0.5) is 0 Å². The lowest BCUT2D eigenvalue weighted by Gasteiger charge is -2.61. The molecule has 0 aliphatic heterocycles. The van der Waals surface area contributed by atoms with Crippen molar-refractivity contribution in [3.63, 3.8) is 0 Å². The van der Waals surface area contributed by atoms with Crippen LogP contribution >= 0.6 is 27.5 Å². The SMILES string of the molecule is CCn1cc(Br)c(CN(C)C(=O)C23CC4CC(C2)CC(n2cnc(Cl)n2)(C4)C3)n1. The van der Waals surface area contributed by atoms with Crippen molar-refractivity contribution in [2.45, 2.75) is 64.1 Å². The fourth-order valence-electron chi connectivity index (χ4n) is 6.61. The number of halogens is 2. The van der Waals surface area contributed by atoms with Crippen molar-refractivity contribution in [1.82, 2.24) is 29.4 Å². The first-order chi connectivity index (χ1) is 13.8. The molecule has 4 saturated carbocycles. The molecule has 4 bridgehead atoms. The Morgan fingerprint density at radius 3 is 2.62 bits per heavy atom. The largest absolute Gasteiger partial charge is 0.339 e. The first kappa shape index (κ1) is 19.5. The highest BCUT2D eigenvalue weighted by Gasteiger charge is 2.62. The van der Waals surface area contributed by atoms with Crippen molar-refractivity contribution in [2.75, 3.05) is 7.05 Å². The Hall–Kier alpha value is -1.41. The molecule has 0 spiro atoms. The van der Waals surface area contributed by atoms with Crippen LogP contribution < -0.4 is 0 Å². The number of amides is 1. The zero-order valence-electron chi connectivity index (χ0n) is 16.8. The standard InChI is InChI=1S/C20H26BrClN6O/c1-3-27-9-15(21)16(24-27)10-26(2)17(29)19-5-13-4-14(6-19)8-20(7-13,11-19)28-12-23-18(22)25-28/h9,12-14H,3-8,10-11H2,1-2H3. The molecule has 4 fully saturated rings. The van der Waals surface area contributed by atoms with Crippen molar-refractivity contribution in [3.05, 3.63) is 28.0 Å². The Kier molecular flexibility index (Phi) is 4.59. The molecule has 2 aromatic heterocycles. The highest BCUT2D eigenvalue weighted by Crippen LogP contribution is 2.64. The molecule has 0 N–H and O–H groups in total. The van der Waals surface area contributed by atoms with Crippen LogP contribution in [0.3, 0.4) is 0 Å². The molecule has 9 heteroatoms. The summed E-state index contributed by atoms with van der Waals surface area (Å²) in [6, 6.07) is 0. The molecule has 0 aromatic carbocycles. The van der Waals surface area contributed by atoms with Gasteiger partial charge in [0.25, 0.3) is 0 Å². The summed E-state index contributed by atoms with van der Waals surface area (Å²) in [5, 5.41) is 9.34. The highest BCUT2D eigenvalue weighted by atomic mass is 79.9. The van der Waals surface area contributed by atoms with Crippen LogP contribution in [0.15, 0.2) is 17.0 Å². The summed E-state index contributed by atoms with van der Waals surface area (Å²) in [7, 11) is 1.91. The Labute approximate surface area is 183 Å². The van der Waals surface area contributed by atoms with Crippen LogP contribution in [0.25, 0.3) is 0 Å². The quantitative estimate of drug-likeness (QED) is 0.650. The minimum Gasteiger partial charge on any atom is -0.339 e. The second-order valence-electron chi connectivity index (χ2n) is 9.36. The minimum absolute atomic E-state index is 0.120. The maximum Gasteiger partial charge on any atom is 0.242 e. The maximum absolute atomic E-state index is 13.8. The molecule has 0 radical (unpaired) electrons. The summed E-state index contributed by atoms with van der Waals surface area (Å²) in [6.45, 7) is 3.39. The lowest BCUT2D eigenvalue weighted by molar-refractivity contribution is -0.166. The van der Waals surface area contributed by atoms with Gasteiger partial charge in [0.15, 0.2) is 0 Å². The smallest absolute Gasteiger partial charge is 0.242 e. The summed E-state index contributed by atoms with van der Waals surface area (Å²) in [5.41, 5.74) is 0.479. The fraction of sp³-hybridized carbons (Fsp3) is 0.700. The number of nitrogens with zero attached hydrogens (tertiary/aromatic N) is 6. The Morgan fingerprint density at radius 2 is 2.03 bits per heavy atom. The van der Waals surface area contributed by atoms with E-state index in [1.807, 2.05) is 27.5 Å². The van der Waals surface area contributed by atoms with E-state index in [-0.39, 0.29) is 22.1 Å². The van der Waals surface area contributed by atoms with Gasteiger partial charge in [-0.05, 0) is 84.8 Å². The zero-order chi connectivity index (χ0) is 20.4. The molecule has 0 saturated heterocycles. The van der Waals surface area contributed by atoms with Gasteiger partial charge in [-0.1, -0.05) is 0 Å². The molecule has 7 nitrogen and oxygen atoms in total. The predicted octanol–water partition coefficient (Wildman–Crippen LogP) is 3.86. The number of hydrogen-bond acceptors (Lipinski definition) is 4. The molecule has 2 unspecified atom stereocenters. The van der Waals surface area contributed by atoms with E-state index in [1.54, 1.807) is 6.33 Å². The van der Waals surface area contributed by atoms with Crippen molar-refractivity contribution < 1.29 is 4.79 Å². The number of carbonyl (C=O) groups is 1. The van der Waals surface area contributed by atoms with Gasteiger partial charge in [-0.3, -0.25) is 9.48 Å². The molecule has 29 heavy (non-hydrogen) atoms. The fourth-order valence-corrected chi connectivity index (χ4v) is 7.18. The zero-order valence-corrected chi connectivity index (χ0v) is 19.2. The summed E-state index contributed by atoms with van der Waals surface area (Å²) in [6.07, 6.45) is 9.93. The van der Waals surface area contributed by atoms with Gasteiger partial charge in [0.1, 0.15) is 6.33 Å². The number of hydrogen-bond donors (Lipinski definition) is 0. The summed E-state index contributed by atoms with van der Waals surface area (Å²) >= 11 is 9.62. The second kappa shape index (κ2) is 6.80. The van der Waals surface area contributed by atoms with Crippen LogP contribution in [0, 0.1) is 17.3 Å². The summed E-state index contributed by atoms with van der Waals surface area (Å²) in [5.74, 6) is 1.39. The third-order valence-corrected chi connectivity index (χ3v) is 8.11. The molecule has 2 aromatic rings.